The van der Waals surface area contributed by atoms with Gasteiger partial charge in [-0.25, -0.2) is 0 Å². The first-order valence-electron chi connectivity index (χ1n) is 5.37. The van der Waals surface area contributed by atoms with Gasteiger partial charge in [0.05, 0.1) is 0 Å². The zero-order valence-corrected chi connectivity index (χ0v) is 10.4. The van der Waals surface area contributed by atoms with Gasteiger partial charge in [-0.05, 0) is 30.5 Å². The van der Waals surface area contributed by atoms with Gasteiger partial charge in [0.2, 0.25) is 0 Å². The van der Waals surface area contributed by atoms with Crippen LogP contribution in [-0.4, -0.2) is 0 Å². The van der Waals surface area contributed by atoms with E-state index >= 15 is 0 Å². The van der Waals surface area contributed by atoms with E-state index in [9.17, 15) is 0 Å². The zero-order valence-electron chi connectivity index (χ0n) is 9.60. The summed E-state index contributed by atoms with van der Waals surface area (Å²) in [5.74, 6) is 6.77. The Morgan fingerprint density at radius 2 is 2.13 bits per heavy atom. The molecule has 1 unspecified atom stereocenters. The van der Waals surface area contributed by atoms with E-state index in [1.165, 1.54) is 5.56 Å². The van der Waals surface area contributed by atoms with E-state index in [1.807, 2.05) is 13.0 Å². The fraction of sp³-hybridized carbons (Fsp3) is 0.429. The minimum Gasteiger partial charge on any atom is -0.103 e. The maximum absolute atomic E-state index is 5.97. The molecule has 0 radical (unpaired) electrons. The van der Waals surface area contributed by atoms with Crippen molar-refractivity contribution in [2.45, 2.75) is 33.6 Å². The Hall–Kier alpha value is -0.930. The normalized spacial score (nSPS) is 11.7. The molecule has 0 spiro atoms. The highest BCUT2D eigenvalue weighted by Gasteiger charge is 2.01. The van der Waals surface area contributed by atoms with Crippen LogP contribution in [0.25, 0.3) is 0 Å². The minimum atomic E-state index is 0.422. The van der Waals surface area contributed by atoms with E-state index in [1.54, 1.807) is 0 Å². The van der Waals surface area contributed by atoms with Gasteiger partial charge < -0.3 is 0 Å². The van der Waals surface area contributed by atoms with Crippen molar-refractivity contribution in [3.8, 4) is 11.8 Å². The molecule has 0 bridgehead atoms. The summed E-state index contributed by atoms with van der Waals surface area (Å²) >= 11 is 5.97. The standard InChI is InChI=1S/C14H17Cl/c1-4-5-6-11(2)9-13-7-8-14(15)12(3)10-13/h7-8,10-11H,4,9H2,1-3H3. The smallest absolute Gasteiger partial charge is 0.0435 e. The maximum atomic E-state index is 5.97. The fourth-order valence-corrected chi connectivity index (χ4v) is 1.63. The lowest BCUT2D eigenvalue weighted by Gasteiger charge is -2.06. The summed E-state index contributed by atoms with van der Waals surface area (Å²) < 4.78 is 0. The third kappa shape index (κ3) is 3.98. The number of halogens is 1. The highest BCUT2D eigenvalue weighted by atomic mass is 35.5. The van der Waals surface area contributed by atoms with Crippen LogP contribution in [0.2, 0.25) is 5.02 Å². The van der Waals surface area contributed by atoms with Gasteiger partial charge in [-0.1, -0.05) is 43.5 Å². The first-order valence-corrected chi connectivity index (χ1v) is 5.74. The number of rotatable bonds is 2. The number of hydrogen-bond donors (Lipinski definition) is 0. The van der Waals surface area contributed by atoms with Crippen LogP contribution in [0.5, 0.6) is 0 Å². The monoisotopic (exact) mass is 220 g/mol. The SMILES string of the molecule is CCC#CC(C)Cc1ccc(Cl)c(C)c1. The molecule has 1 heteroatoms. The topological polar surface area (TPSA) is 0 Å². The second kappa shape index (κ2) is 5.83. The Morgan fingerprint density at radius 3 is 2.73 bits per heavy atom. The van der Waals surface area contributed by atoms with Gasteiger partial charge >= 0.3 is 0 Å². The van der Waals surface area contributed by atoms with Crippen LogP contribution in [0.4, 0.5) is 0 Å². The Balaban J connectivity index is 2.68. The summed E-state index contributed by atoms with van der Waals surface area (Å²) in [6, 6.07) is 6.19. The van der Waals surface area contributed by atoms with Gasteiger partial charge in [0.15, 0.2) is 0 Å². The van der Waals surface area contributed by atoms with Crippen molar-refractivity contribution in [3.63, 3.8) is 0 Å². The van der Waals surface area contributed by atoms with E-state index in [4.69, 9.17) is 11.6 Å². The molecule has 0 N–H and O–H groups in total. The molecule has 1 aromatic rings. The van der Waals surface area contributed by atoms with Gasteiger partial charge in [0.25, 0.3) is 0 Å². The van der Waals surface area contributed by atoms with Gasteiger partial charge in [0.1, 0.15) is 0 Å². The second-order valence-corrected chi connectivity index (χ2v) is 4.27. The lowest BCUT2D eigenvalue weighted by atomic mass is 10.00. The Bertz CT molecular complexity index is 382. The van der Waals surface area contributed by atoms with E-state index < -0.39 is 0 Å². The summed E-state index contributed by atoms with van der Waals surface area (Å²) in [7, 11) is 0. The molecule has 0 heterocycles. The fourth-order valence-electron chi connectivity index (χ4n) is 1.51. The molecular formula is C14H17Cl. The summed E-state index contributed by atoms with van der Waals surface area (Å²) in [5, 5.41) is 0.839. The molecule has 0 aliphatic heterocycles. The lowest BCUT2D eigenvalue weighted by Crippen LogP contribution is -1.96. The second-order valence-electron chi connectivity index (χ2n) is 3.86. The van der Waals surface area contributed by atoms with Crippen molar-refractivity contribution in [2.24, 2.45) is 5.92 Å². The molecule has 1 rings (SSSR count). The average Bonchev–Trinajstić information content (AvgIpc) is 2.20. The lowest BCUT2D eigenvalue weighted by molar-refractivity contribution is 0.749. The Labute approximate surface area is 97.7 Å². The molecule has 0 fully saturated rings. The molecule has 80 valence electrons. The molecule has 0 amide bonds. The van der Waals surface area contributed by atoms with E-state index in [-0.39, 0.29) is 0 Å². The summed E-state index contributed by atoms with van der Waals surface area (Å²) in [5.41, 5.74) is 2.46. The Kier molecular flexibility index (Phi) is 4.72. The quantitative estimate of drug-likeness (QED) is 0.654. The van der Waals surface area contributed by atoms with Crippen LogP contribution in [0, 0.1) is 24.7 Å². The van der Waals surface area contributed by atoms with Gasteiger partial charge in [-0.15, -0.1) is 5.92 Å². The van der Waals surface area contributed by atoms with Gasteiger partial charge in [-0.2, -0.15) is 0 Å². The van der Waals surface area contributed by atoms with Crippen LogP contribution >= 0.6 is 11.6 Å². The van der Waals surface area contributed by atoms with Crippen LogP contribution in [0.3, 0.4) is 0 Å². The van der Waals surface area contributed by atoms with Crippen LogP contribution in [-0.2, 0) is 6.42 Å². The third-order valence-electron chi connectivity index (χ3n) is 2.29. The van der Waals surface area contributed by atoms with E-state index in [2.05, 4.69) is 37.8 Å². The molecule has 0 aromatic heterocycles. The van der Waals surface area contributed by atoms with E-state index in [0.717, 1.165) is 23.4 Å². The Morgan fingerprint density at radius 1 is 1.40 bits per heavy atom. The zero-order chi connectivity index (χ0) is 11.3. The summed E-state index contributed by atoms with van der Waals surface area (Å²) in [6.45, 7) is 6.27. The highest BCUT2D eigenvalue weighted by molar-refractivity contribution is 6.31. The molecule has 0 nitrogen and oxygen atoms in total. The van der Waals surface area contributed by atoms with Gasteiger partial charge in [0, 0.05) is 17.4 Å². The number of benzene rings is 1. The van der Waals surface area contributed by atoms with Crippen molar-refractivity contribution in [3.05, 3.63) is 34.3 Å². The summed E-state index contributed by atoms with van der Waals surface area (Å²) in [4.78, 5) is 0. The molecule has 15 heavy (non-hydrogen) atoms. The van der Waals surface area contributed by atoms with Crippen molar-refractivity contribution in [1.29, 1.82) is 0 Å². The first kappa shape index (κ1) is 12.1. The van der Waals surface area contributed by atoms with Crippen LogP contribution in [0.15, 0.2) is 18.2 Å². The van der Waals surface area contributed by atoms with E-state index in [0.29, 0.717) is 5.92 Å². The minimum absolute atomic E-state index is 0.422. The highest BCUT2D eigenvalue weighted by Crippen LogP contribution is 2.18. The number of hydrogen-bond acceptors (Lipinski definition) is 0. The molecular weight excluding hydrogens is 204 g/mol. The van der Waals surface area contributed by atoms with Crippen LogP contribution < -0.4 is 0 Å². The predicted octanol–water partition coefficient (Wildman–Crippen LogP) is 4.24. The maximum Gasteiger partial charge on any atom is 0.0435 e. The predicted molar refractivity (Wildman–Crippen MR) is 67.1 cm³/mol. The molecule has 0 aliphatic carbocycles. The molecule has 1 atom stereocenters. The average molecular weight is 221 g/mol. The summed E-state index contributed by atoms with van der Waals surface area (Å²) in [6.07, 6.45) is 1.94. The van der Waals surface area contributed by atoms with Gasteiger partial charge in [-0.3, -0.25) is 0 Å². The third-order valence-corrected chi connectivity index (χ3v) is 2.71. The molecule has 0 aliphatic rings. The number of aryl methyl sites for hydroxylation is 1. The van der Waals surface area contributed by atoms with Crippen LogP contribution in [0.1, 0.15) is 31.4 Å². The molecule has 0 saturated heterocycles. The first-order chi connectivity index (χ1) is 7.13. The van der Waals surface area contributed by atoms with Crippen molar-refractivity contribution < 1.29 is 0 Å². The molecule has 0 saturated carbocycles. The molecule has 1 aromatic carbocycles. The van der Waals surface area contributed by atoms with Crippen molar-refractivity contribution >= 4 is 11.6 Å². The largest absolute Gasteiger partial charge is 0.103 e. The van der Waals surface area contributed by atoms with Crippen molar-refractivity contribution in [2.75, 3.05) is 0 Å². The van der Waals surface area contributed by atoms with Crippen molar-refractivity contribution in [1.82, 2.24) is 0 Å².